The topological polar surface area (TPSA) is 70.2 Å². The highest BCUT2D eigenvalue weighted by molar-refractivity contribution is 9.10. The van der Waals surface area contributed by atoms with Gasteiger partial charge in [-0.25, -0.2) is 4.79 Å². The second-order valence-electron chi connectivity index (χ2n) is 6.37. The summed E-state index contributed by atoms with van der Waals surface area (Å²) in [6.07, 6.45) is -0.117. The van der Waals surface area contributed by atoms with Crippen molar-refractivity contribution in [1.82, 2.24) is 9.80 Å². The van der Waals surface area contributed by atoms with Gasteiger partial charge in [-0.2, -0.15) is 0 Å². The minimum atomic E-state index is -0.344. The molecule has 0 N–H and O–H groups in total. The van der Waals surface area contributed by atoms with Crippen LogP contribution in [0.3, 0.4) is 0 Å². The van der Waals surface area contributed by atoms with Crippen LogP contribution in [0.1, 0.15) is 13.3 Å². The molecule has 1 aromatic rings. The first kappa shape index (κ1) is 18.7. The third kappa shape index (κ3) is 3.85. The van der Waals surface area contributed by atoms with Crippen molar-refractivity contribution in [2.24, 2.45) is 5.92 Å². The SMILES string of the molecule is CCOC(=O)N1CCN(C(=O)C2CC(=O)N(c3ccccc3Br)C2)CC1. The molecule has 2 saturated heterocycles. The van der Waals surface area contributed by atoms with Gasteiger partial charge in [0.05, 0.1) is 18.2 Å². The summed E-state index contributed by atoms with van der Waals surface area (Å²) < 4.78 is 5.83. The molecular formula is C18H22BrN3O4. The van der Waals surface area contributed by atoms with E-state index >= 15 is 0 Å². The molecule has 2 fully saturated rings. The number of hydrogen-bond donors (Lipinski definition) is 0. The molecule has 0 aromatic heterocycles. The number of piperazine rings is 1. The standard InChI is InChI=1S/C18H22BrN3O4/c1-2-26-18(25)21-9-7-20(8-10-21)17(24)13-11-16(23)22(12-13)15-6-4-3-5-14(15)19/h3-6,13H,2,7-12H2,1H3. The third-order valence-electron chi connectivity index (χ3n) is 4.73. The van der Waals surface area contributed by atoms with E-state index in [2.05, 4.69) is 15.9 Å². The van der Waals surface area contributed by atoms with Crippen molar-refractivity contribution < 1.29 is 19.1 Å². The normalized spacial score (nSPS) is 20.5. The lowest BCUT2D eigenvalue weighted by molar-refractivity contribution is -0.137. The summed E-state index contributed by atoms with van der Waals surface area (Å²) in [6.45, 7) is 4.35. The first-order valence-corrected chi connectivity index (χ1v) is 9.56. The molecule has 2 aliphatic heterocycles. The number of halogens is 1. The smallest absolute Gasteiger partial charge is 0.409 e. The number of benzene rings is 1. The molecule has 0 saturated carbocycles. The van der Waals surface area contributed by atoms with Crippen molar-refractivity contribution in [3.63, 3.8) is 0 Å². The number of hydrogen-bond acceptors (Lipinski definition) is 4. The first-order valence-electron chi connectivity index (χ1n) is 8.76. The minimum absolute atomic E-state index is 0.0172. The zero-order chi connectivity index (χ0) is 18.7. The van der Waals surface area contributed by atoms with Gasteiger partial charge in [-0.1, -0.05) is 12.1 Å². The molecule has 3 rings (SSSR count). The molecule has 1 atom stereocenters. The Labute approximate surface area is 161 Å². The summed E-state index contributed by atoms with van der Waals surface area (Å²) in [4.78, 5) is 42.0. The number of ether oxygens (including phenoxy) is 1. The van der Waals surface area contributed by atoms with E-state index in [0.717, 1.165) is 10.2 Å². The van der Waals surface area contributed by atoms with Gasteiger partial charge in [-0.3, -0.25) is 9.59 Å². The quantitative estimate of drug-likeness (QED) is 0.746. The van der Waals surface area contributed by atoms with Crippen LogP contribution in [0.25, 0.3) is 0 Å². The molecule has 8 heteroatoms. The van der Waals surface area contributed by atoms with Gasteiger partial charge in [0.15, 0.2) is 0 Å². The highest BCUT2D eigenvalue weighted by atomic mass is 79.9. The Hall–Kier alpha value is -2.09. The fourth-order valence-electron chi connectivity index (χ4n) is 3.36. The first-order chi connectivity index (χ1) is 12.5. The maximum atomic E-state index is 12.8. The summed E-state index contributed by atoms with van der Waals surface area (Å²) in [6, 6.07) is 7.51. The fourth-order valence-corrected chi connectivity index (χ4v) is 3.86. The highest BCUT2D eigenvalue weighted by Crippen LogP contribution is 2.32. The molecule has 140 valence electrons. The molecule has 0 aliphatic carbocycles. The Kier molecular flexibility index (Phi) is 5.80. The van der Waals surface area contributed by atoms with Crippen molar-refractivity contribution in [1.29, 1.82) is 0 Å². The monoisotopic (exact) mass is 423 g/mol. The largest absolute Gasteiger partial charge is 0.450 e. The van der Waals surface area contributed by atoms with Crippen molar-refractivity contribution in [3.05, 3.63) is 28.7 Å². The second kappa shape index (κ2) is 8.07. The van der Waals surface area contributed by atoms with E-state index < -0.39 is 0 Å². The average molecular weight is 424 g/mol. The molecule has 1 unspecified atom stereocenters. The Bertz CT molecular complexity index is 703. The number of carbonyl (C=O) groups excluding carboxylic acids is 3. The maximum Gasteiger partial charge on any atom is 0.409 e. The Morgan fingerprint density at radius 2 is 1.81 bits per heavy atom. The number of nitrogens with zero attached hydrogens (tertiary/aromatic N) is 3. The Morgan fingerprint density at radius 1 is 1.15 bits per heavy atom. The van der Waals surface area contributed by atoms with Crippen LogP contribution in [-0.4, -0.2) is 67.0 Å². The maximum absolute atomic E-state index is 12.8. The van der Waals surface area contributed by atoms with Crippen LogP contribution in [0.2, 0.25) is 0 Å². The predicted molar refractivity (Wildman–Crippen MR) is 99.8 cm³/mol. The number of para-hydroxylation sites is 1. The van der Waals surface area contributed by atoms with Crippen LogP contribution in [0.4, 0.5) is 10.5 Å². The lowest BCUT2D eigenvalue weighted by Crippen LogP contribution is -2.52. The van der Waals surface area contributed by atoms with Crippen LogP contribution in [0, 0.1) is 5.92 Å². The lowest BCUT2D eigenvalue weighted by atomic mass is 10.1. The predicted octanol–water partition coefficient (Wildman–Crippen LogP) is 2.10. The van der Waals surface area contributed by atoms with Gasteiger partial charge in [0.25, 0.3) is 0 Å². The lowest BCUT2D eigenvalue weighted by Gasteiger charge is -2.35. The number of amides is 3. The van der Waals surface area contributed by atoms with Crippen molar-refractivity contribution >= 4 is 39.5 Å². The van der Waals surface area contributed by atoms with E-state index in [4.69, 9.17) is 4.74 Å². The van der Waals surface area contributed by atoms with E-state index in [1.54, 1.807) is 21.6 Å². The highest BCUT2D eigenvalue weighted by Gasteiger charge is 2.38. The van der Waals surface area contributed by atoms with Crippen molar-refractivity contribution in [3.8, 4) is 0 Å². The molecule has 3 amide bonds. The van der Waals surface area contributed by atoms with Gasteiger partial charge in [0, 0.05) is 43.6 Å². The van der Waals surface area contributed by atoms with Crippen LogP contribution >= 0.6 is 15.9 Å². The number of anilines is 1. The average Bonchev–Trinajstić information content (AvgIpc) is 3.03. The Balaban J connectivity index is 1.59. The number of rotatable bonds is 3. The molecule has 26 heavy (non-hydrogen) atoms. The van der Waals surface area contributed by atoms with E-state index in [0.29, 0.717) is 39.3 Å². The summed E-state index contributed by atoms with van der Waals surface area (Å²) >= 11 is 3.46. The van der Waals surface area contributed by atoms with Crippen LogP contribution in [0.5, 0.6) is 0 Å². The molecule has 7 nitrogen and oxygen atoms in total. The molecule has 2 heterocycles. The van der Waals surface area contributed by atoms with Crippen LogP contribution in [0.15, 0.2) is 28.7 Å². The van der Waals surface area contributed by atoms with Crippen LogP contribution in [-0.2, 0) is 14.3 Å². The van der Waals surface area contributed by atoms with Gasteiger partial charge in [-0.15, -0.1) is 0 Å². The molecule has 1 aromatic carbocycles. The van der Waals surface area contributed by atoms with Gasteiger partial charge < -0.3 is 19.4 Å². The fraction of sp³-hybridized carbons (Fsp3) is 0.500. The molecule has 0 radical (unpaired) electrons. The van der Waals surface area contributed by atoms with Crippen LogP contribution < -0.4 is 4.90 Å². The second-order valence-corrected chi connectivity index (χ2v) is 7.22. The Morgan fingerprint density at radius 3 is 2.46 bits per heavy atom. The van der Waals surface area contributed by atoms with E-state index in [9.17, 15) is 14.4 Å². The van der Waals surface area contributed by atoms with Gasteiger partial charge >= 0.3 is 6.09 Å². The zero-order valence-corrected chi connectivity index (χ0v) is 16.3. The minimum Gasteiger partial charge on any atom is -0.450 e. The molecular weight excluding hydrogens is 402 g/mol. The van der Waals surface area contributed by atoms with E-state index in [1.165, 1.54) is 0 Å². The van der Waals surface area contributed by atoms with Gasteiger partial charge in [-0.05, 0) is 35.0 Å². The molecule has 2 aliphatic rings. The van der Waals surface area contributed by atoms with E-state index in [1.807, 2.05) is 24.3 Å². The summed E-state index contributed by atoms with van der Waals surface area (Å²) in [5, 5.41) is 0. The number of carbonyl (C=O) groups is 3. The van der Waals surface area contributed by atoms with Crippen molar-refractivity contribution in [2.45, 2.75) is 13.3 Å². The summed E-state index contributed by atoms with van der Waals surface area (Å²) in [5.41, 5.74) is 0.792. The summed E-state index contributed by atoms with van der Waals surface area (Å²) in [5.74, 6) is -0.402. The molecule has 0 bridgehead atoms. The third-order valence-corrected chi connectivity index (χ3v) is 5.41. The van der Waals surface area contributed by atoms with E-state index in [-0.39, 0.29) is 30.2 Å². The van der Waals surface area contributed by atoms with Gasteiger partial charge in [0.1, 0.15) is 0 Å². The molecule has 0 spiro atoms. The van der Waals surface area contributed by atoms with Gasteiger partial charge in [0.2, 0.25) is 11.8 Å². The van der Waals surface area contributed by atoms with Crippen molar-refractivity contribution in [2.75, 3.05) is 44.2 Å². The zero-order valence-electron chi connectivity index (χ0n) is 14.7. The summed E-state index contributed by atoms with van der Waals surface area (Å²) in [7, 11) is 0.